The molecule has 0 fully saturated rings. The first-order valence-corrected chi connectivity index (χ1v) is 7.87. The molecular formula is C19H21NO2. The molecule has 2 aromatic carbocycles. The van der Waals surface area contributed by atoms with Crippen LogP contribution in [0.2, 0.25) is 0 Å². The highest BCUT2D eigenvalue weighted by Crippen LogP contribution is 2.30. The zero-order valence-corrected chi connectivity index (χ0v) is 12.6. The number of benzene rings is 2. The number of aliphatic hydroxyl groups excluding tert-OH is 1. The Hall–Kier alpha value is -2.13. The molecule has 0 amide bonds. The smallest absolute Gasteiger partial charge is 0.181 e. The monoisotopic (exact) mass is 295 g/mol. The van der Waals surface area contributed by atoms with Gasteiger partial charge < -0.3 is 10.4 Å². The Morgan fingerprint density at radius 2 is 1.95 bits per heavy atom. The van der Waals surface area contributed by atoms with Gasteiger partial charge in [0.25, 0.3) is 0 Å². The number of aryl methyl sites for hydroxylation is 1. The summed E-state index contributed by atoms with van der Waals surface area (Å²) in [6.45, 7) is 0.263. The van der Waals surface area contributed by atoms with E-state index in [4.69, 9.17) is 0 Å². The molecule has 3 rings (SSSR count). The molecular weight excluding hydrogens is 274 g/mol. The molecule has 114 valence electrons. The molecule has 0 saturated heterocycles. The first-order valence-electron chi connectivity index (χ1n) is 7.87. The van der Waals surface area contributed by atoms with Gasteiger partial charge in [0.05, 0.1) is 12.6 Å². The predicted molar refractivity (Wildman–Crippen MR) is 88.2 cm³/mol. The van der Waals surface area contributed by atoms with Crippen molar-refractivity contribution in [1.82, 2.24) is 0 Å². The SMILES string of the molecule is O=C(CNc1ccc2c(c1)C(O)CCCC2)c1ccccc1. The van der Waals surface area contributed by atoms with Crippen LogP contribution >= 0.6 is 0 Å². The van der Waals surface area contributed by atoms with Crippen molar-refractivity contribution in [2.24, 2.45) is 0 Å². The Morgan fingerprint density at radius 3 is 2.77 bits per heavy atom. The van der Waals surface area contributed by atoms with Gasteiger partial charge in [-0.25, -0.2) is 0 Å². The summed E-state index contributed by atoms with van der Waals surface area (Å²) in [6.07, 6.45) is 3.65. The first kappa shape index (κ1) is 14.8. The van der Waals surface area contributed by atoms with Gasteiger partial charge in [-0.3, -0.25) is 4.79 Å². The second-order valence-corrected chi connectivity index (χ2v) is 5.82. The molecule has 0 heterocycles. The van der Waals surface area contributed by atoms with Crippen molar-refractivity contribution in [3.05, 3.63) is 65.2 Å². The maximum absolute atomic E-state index is 12.1. The third-order valence-electron chi connectivity index (χ3n) is 4.23. The number of Topliss-reactive ketones (excluding diaryl/α,β-unsaturated/α-hetero) is 1. The summed E-state index contributed by atoms with van der Waals surface area (Å²) < 4.78 is 0. The quantitative estimate of drug-likeness (QED) is 0.667. The summed E-state index contributed by atoms with van der Waals surface area (Å²) in [5, 5.41) is 13.4. The van der Waals surface area contributed by atoms with Crippen molar-refractivity contribution in [2.45, 2.75) is 31.8 Å². The van der Waals surface area contributed by atoms with Gasteiger partial charge in [0.15, 0.2) is 5.78 Å². The number of rotatable bonds is 4. The summed E-state index contributed by atoms with van der Waals surface area (Å²) in [7, 11) is 0. The number of fused-ring (bicyclic) bond motifs is 1. The molecule has 0 aromatic heterocycles. The fourth-order valence-corrected chi connectivity index (χ4v) is 2.96. The molecule has 3 heteroatoms. The van der Waals surface area contributed by atoms with Gasteiger partial charge in [-0.05, 0) is 42.5 Å². The second kappa shape index (κ2) is 6.75. The molecule has 1 aliphatic carbocycles. The van der Waals surface area contributed by atoms with Crippen LogP contribution in [-0.4, -0.2) is 17.4 Å². The molecule has 0 saturated carbocycles. The van der Waals surface area contributed by atoms with Crippen LogP contribution in [0.5, 0.6) is 0 Å². The second-order valence-electron chi connectivity index (χ2n) is 5.82. The molecule has 2 N–H and O–H groups in total. The van der Waals surface area contributed by atoms with E-state index in [1.54, 1.807) is 0 Å². The van der Waals surface area contributed by atoms with Gasteiger partial charge in [0.2, 0.25) is 0 Å². The van der Waals surface area contributed by atoms with Crippen molar-refractivity contribution in [3.8, 4) is 0 Å². The number of carbonyl (C=O) groups is 1. The third kappa shape index (κ3) is 3.37. The van der Waals surface area contributed by atoms with E-state index in [1.165, 1.54) is 5.56 Å². The average molecular weight is 295 g/mol. The summed E-state index contributed by atoms with van der Waals surface area (Å²) in [6, 6.07) is 15.3. The van der Waals surface area contributed by atoms with Crippen molar-refractivity contribution < 1.29 is 9.90 Å². The van der Waals surface area contributed by atoms with Crippen LogP contribution in [0, 0.1) is 0 Å². The lowest BCUT2D eigenvalue weighted by Crippen LogP contribution is -2.14. The van der Waals surface area contributed by atoms with Gasteiger partial charge in [-0.15, -0.1) is 0 Å². The Bertz CT molecular complexity index is 652. The van der Waals surface area contributed by atoms with Crippen molar-refractivity contribution in [1.29, 1.82) is 0 Å². The zero-order valence-electron chi connectivity index (χ0n) is 12.6. The highest BCUT2D eigenvalue weighted by atomic mass is 16.3. The minimum atomic E-state index is -0.385. The van der Waals surface area contributed by atoms with E-state index in [-0.39, 0.29) is 18.4 Å². The van der Waals surface area contributed by atoms with E-state index in [9.17, 15) is 9.90 Å². The fraction of sp³-hybridized carbons (Fsp3) is 0.316. The van der Waals surface area contributed by atoms with Crippen LogP contribution < -0.4 is 5.32 Å². The molecule has 0 spiro atoms. The molecule has 0 aliphatic heterocycles. The zero-order chi connectivity index (χ0) is 15.4. The van der Waals surface area contributed by atoms with E-state index < -0.39 is 0 Å². The van der Waals surface area contributed by atoms with Crippen LogP contribution in [0.3, 0.4) is 0 Å². The van der Waals surface area contributed by atoms with Crippen LogP contribution in [-0.2, 0) is 6.42 Å². The summed E-state index contributed by atoms with van der Waals surface area (Å²) in [5.41, 5.74) is 3.84. The number of ketones is 1. The standard InChI is InChI=1S/C19H21NO2/c21-18-9-5-4-6-14-10-11-16(12-17(14)18)20-13-19(22)15-7-2-1-3-8-15/h1-3,7-8,10-12,18,20-21H,4-6,9,13H2. The fourth-order valence-electron chi connectivity index (χ4n) is 2.96. The first-order chi connectivity index (χ1) is 10.7. The van der Waals surface area contributed by atoms with Gasteiger partial charge in [0.1, 0.15) is 0 Å². The Morgan fingerprint density at radius 1 is 1.14 bits per heavy atom. The molecule has 1 unspecified atom stereocenters. The Kier molecular flexibility index (Phi) is 4.54. The molecule has 22 heavy (non-hydrogen) atoms. The van der Waals surface area contributed by atoms with Crippen LogP contribution in [0.1, 0.15) is 46.9 Å². The van der Waals surface area contributed by atoms with Crippen molar-refractivity contribution in [3.63, 3.8) is 0 Å². The van der Waals surface area contributed by atoms with Crippen LogP contribution in [0.25, 0.3) is 0 Å². The largest absolute Gasteiger partial charge is 0.388 e. The Labute approximate surface area is 131 Å². The molecule has 0 bridgehead atoms. The van der Waals surface area contributed by atoms with Crippen LogP contribution in [0.4, 0.5) is 5.69 Å². The van der Waals surface area contributed by atoms with E-state index in [1.807, 2.05) is 42.5 Å². The average Bonchev–Trinajstić information content (AvgIpc) is 2.75. The highest BCUT2D eigenvalue weighted by Gasteiger charge is 2.16. The minimum absolute atomic E-state index is 0.0658. The number of anilines is 1. The predicted octanol–water partition coefficient (Wildman–Crippen LogP) is 3.74. The van der Waals surface area contributed by atoms with E-state index >= 15 is 0 Å². The molecule has 1 atom stereocenters. The topological polar surface area (TPSA) is 49.3 Å². The lowest BCUT2D eigenvalue weighted by atomic mass is 10.00. The number of nitrogens with one attached hydrogen (secondary N) is 1. The number of hydrogen-bond donors (Lipinski definition) is 2. The number of hydrogen-bond acceptors (Lipinski definition) is 3. The summed E-state index contributed by atoms with van der Waals surface area (Å²) in [5.74, 6) is 0.0658. The van der Waals surface area contributed by atoms with Gasteiger partial charge in [0, 0.05) is 11.3 Å². The maximum atomic E-state index is 12.1. The molecule has 0 radical (unpaired) electrons. The lowest BCUT2D eigenvalue weighted by molar-refractivity contribution is 0.101. The lowest BCUT2D eigenvalue weighted by Gasteiger charge is -2.14. The van der Waals surface area contributed by atoms with Crippen molar-refractivity contribution in [2.75, 3.05) is 11.9 Å². The van der Waals surface area contributed by atoms with Gasteiger partial charge in [-0.1, -0.05) is 42.8 Å². The maximum Gasteiger partial charge on any atom is 0.181 e. The minimum Gasteiger partial charge on any atom is -0.388 e. The van der Waals surface area contributed by atoms with E-state index in [0.29, 0.717) is 5.56 Å². The summed E-state index contributed by atoms with van der Waals surface area (Å²) >= 11 is 0. The number of carbonyl (C=O) groups excluding carboxylic acids is 1. The van der Waals surface area contributed by atoms with Gasteiger partial charge >= 0.3 is 0 Å². The van der Waals surface area contributed by atoms with E-state index in [0.717, 1.165) is 36.9 Å². The third-order valence-corrected chi connectivity index (χ3v) is 4.23. The Balaban J connectivity index is 1.70. The molecule has 1 aliphatic rings. The van der Waals surface area contributed by atoms with Crippen LogP contribution in [0.15, 0.2) is 48.5 Å². The molecule has 3 nitrogen and oxygen atoms in total. The number of aliphatic hydroxyl groups is 1. The molecule has 2 aromatic rings. The van der Waals surface area contributed by atoms with Gasteiger partial charge in [-0.2, -0.15) is 0 Å². The summed E-state index contributed by atoms with van der Waals surface area (Å²) in [4.78, 5) is 12.1. The highest BCUT2D eigenvalue weighted by molar-refractivity contribution is 5.98. The van der Waals surface area contributed by atoms with E-state index in [2.05, 4.69) is 11.4 Å². The normalized spacial score (nSPS) is 17.4. The van der Waals surface area contributed by atoms with Crippen molar-refractivity contribution >= 4 is 11.5 Å².